The van der Waals surface area contributed by atoms with Crippen LogP contribution >= 0.6 is 0 Å². The summed E-state index contributed by atoms with van der Waals surface area (Å²) < 4.78 is 137. The SMILES string of the molecule is CCCC1CCC(C(F)(F)OC2CCC(c3cc(F)c(C(F)(F)Oc4cc(F)c(F)c(F)c4)c(F)c3)CC2)CC1. The van der Waals surface area contributed by atoms with Crippen LogP contribution in [-0.2, 0) is 10.8 Å². The molecule has 2 aromatic carbocycles. The molecular formula is C29H31F9O2. The molecule has 222 valence electrons. The zero-order chi connectivity index (χ0) is 29.2. The lowest BCUT2D eigenvalue weighted by atomic mass is 9.79. The van der Waals surface area contributed by atoms with Crippen LogP contribution in [0.2, 0.25) is 0 Å². The molecule has 0 radical (unpaired) electrons. The average Bonchev–Trinajstić information content (AvgIpc) is 2.87. The number of hydrogen-bond acceptors (Lipinski definition) is 2. The molecule has 0 saturated heterocycles. The highest BCUT2D eigenvalue weighted by Gasteiger charge is 2.45. The summed E-state index contributed by atoms with van der Waals surface area (Å²) in [6.45, 7) is 2.07. The van der Waals surface area contributed by atoms with Crippen molar-refractivity contribution < 1.29 is 49.0 Å². The summed E-state index contributed by atoms with van der Waals surface area (Å²) in [6.07, 6.45) is -3.41. The van der Waals surface area contributed by atoms with E-state index in [0.717, 1.165) is 25.7 Å². The van der Waals surface area contributed by atoms with Gasteiger partial charge < -0.3 is 9.47 Å². The van der Waals surface area contributed by atoms with Crippen LogP contribution in [0.1, 0.15) is 88.2 Å². The van der Waals surface area contributed by atoms with Gasteiger partial charge in [-0.15, -0.1) is 0 Å². The van der Waals surface area contributed by atoms with Crippen molar-refractivity contribution in [2.24, 2.45) is 11.8 Å². The first-order valence-electron chi connectivity index (χ1n) is 13.6. The van der Waals surface area contributed by atoms with E-state index < -0.39 is 70.6 Å². The van der Waals surface area contributed by atoms with Crippen molar-refractivity contribution in [3.8, 4) is 5.75 Å². The molecule has 0 amide bonds. The molecule has 0 unspecified atom stereocenters. The monoisotopic (exact) mass is 582 g/mol. The Kier molecular flexibility index (Phi) is 9.31. The molecule has 0 bridgehead atoms. The van der Waals surface area contributed by atoms with Crippen molar-refractivity contribution in [1.82, 2.24) is 0 Å². The van der Waals surface area contributed by atoms with Gasteiger partial charge in [0.15, 0.2) is 17.5 Å². The van der Waals surface area contributed by atoms with Gasteiger partial charge in [-0.3, -0.25) is 0 Å². The third-order valence-corrected chi connectivity index (χ3v) is 8.05. The molecule has 0 spiro atoms. The number of benzene rings is 2. The molecule has 0 N–H and O–H groups in total. The molecule has 2 saturated carbocycles. The smallest absolute Gasteiger partial charge is 0.429 e. The van der Waals surface area contributed by atoms with E-state index in [1.54, 1.807) is 0 Å². The molecule has 2 fully saturated rings. The molecule has 2 aliphatic carbocycles. The van der Waals surface area contributed by atoms with Gasteiger partial charge >= 0.3 is 12.2 Å². The summed E-state index contributed by atoms with van der Waals surface area (Å²) in [4.78, 5) is 0. The average molecular weight is 583 g/mol. The second kappa shape index (κ2) is 12.2. The second-order valence-corrected chi connectivity index (χ2v) is 10.8. The number of alkyl halides is 4. The standard InChI is InChI=1S/C29H31F9O2/c1-2-3-16-4-8-19(9-5-16)28(35,36)39-20-10-6-17(7-11-20)18-12-22(30)26(23(31)13-18)29(37,38)40-21-14-24(32)27(34)25(33)15-21/h12-17,19-20H,2-11H2,1H3. The van der Waals surface area contributed by atoms with E-state index in [-0.39, 0.29) is 43.4 Å². The Morgan fingerprint density at radius 1 is 0.725 bits per heavy atom. The van der Waals surface area contributed by atoms with Gasteiger partial charge in [0, 0.05) is 12.1 Å². The summed E-state index contributed by atoms with van der Waals surface area (Å²) in [5, 5.41) is 0. The van der Waals surface area contributed by atoms with Gasteiger partial charge in [-0.25, -0.2) is 22.0 Å². The van der Waals surface area contributed by atoms with E-state index in [2.05, 4.69) is 11.7 Å². The maximum absolute atomic E-state index is 14.8. The van der Waals surface area contributed by atoms with Gasteiger partial charge in [-0.1, -0.05) is 19.8 Å². The second-order valence-electron chi connectivity index (χ2n) is 10.8. The minimum absolute atomic E-state index is 0.0628. The molecule has 11 heteroatoms. The number of ether oxygens (including phenoxy) is 2. The molecular weight excluding hydrogens is 551 g/mol. The molecule has 2 aliphatic rings. The molecule has 0 atom stereocenters. The van der Waals surface area contributed by atoms with Gasteiger partial charge in [0.2, 0.25) is 0 Å². The quantitative estimate of drug-likeness (QED) is 0.217. The van der Waals surface area contributed by atoms with Crippen LogP contribution in [0, 0.1) is 40.9 Å². The van der Waals surface area contributed by atoms with Crippen LogP contribution in [-0.4, -0.2) is 12.2 Å². The first kappa shape index (κ1) is 30.5. The first-order valence-corrected chi connectivity index (χ1v) is 13.6. The van der Waals surface area contributed by atoms with Crippen molar-refractivity contribution >= 4 is 0 Å². The van der Waals surface area contributed by atoms with Crippen molar-refractivity contribution in [2.45, 2.75) is 95.4 Å². The van der Waals surface area contributed by atoms with Crippen LogP contribution in [0.4, 0.5) is 39.5 Å². The molecule has 0 heterocycles. The molecule has 40 heavy (non-hydrogen) atoms. The van der Waals surface area contributed by atoms with Crippen LogP contribution in [0.25, 0.3) is 0 Å². The predicted molar refractivity (Wildman–Crippen MR) is 129 cm³/mol. The lowest BCUT2D eigenvalue weighted by Gasteiger charge is -2.37. The maximum atomic E-state index is 14.8. The number of rotatable bonds is 9. The van der Waals surface area contributed by atoms with Gasteiger partial charge in [-0.05, 0) is 80.9 Å². The Bertz CT molecular complexity index is 1120. The van der Waals surface area contributed by atoms with E-state index in [1.807, 2.05) is 0 Å². The summed E-state index contributed by atoms with van der Waals surface area (Å²) in [5.41, 5.74) is -1.72. The van der Waals surface area contributed by atoms with Gasteiger partial charge in [0.1, 0.15) is 22.9 Å². The minimum Gasteiger partial charge on any atom is -0.429 e. The van der Waals surface area contributed by atoms with Crippen LogP contribution in [0.3, 0.4) is 0 Å². The zero-order valence-electron chi connectivity index (χ0n) is 21.9. The molecule has 2 aromatic rings. The summed E-state index contributed by atoms with van der Waals surface area (Å²) in [5.74, 6) is -10.9. The minimum atomic E-state index is -4.68. The summed E-state index contributed by atoms with van der Waals surface area (Å²) in [7, 11) is 0. The third-order valence-electron chi connectivity index (χ3n) is 8.05. The Labute approximate surface area is 226 Å². The van der Waals surface area contributed by atoms with E-state index in [4.69, 9.17) is 4.74 Å². The van der Waals surface area contributed by atoms with Gasteiger partial charge in [0.05, 0.1) is 12.0 Å². The van der Waals surface area contributed by atoms with E-state index in [1.165, 1.54) is 0 Å². The highest BCUT2D eigenvalue weighted by molar-refractivity contribution is 5.33. The normalized spacial score (nSPS) is 24.2. The van der Waals surface area contributed by atoms with Crippen molar-refractivity contribution in [3.63, 3.8) is 0 Å². The first-order chi connectivity index (χ1) is 18.8. The van der Waals surface area contributed by atoms with Crippen molar-refractivity contribution in [1.29, 1.82) is 0 Å². The number of hydrogen-bond donors (Lipinski definition) is 0. The molecule has 0 aliphatic heterocycles. The Morgan fingerprint density at radius 3 is 1.80 bits per heavy atom. The number of halogens is 9. The van der Waals surface area contributed by atoms with E-state index >= 15 is 0 Å². The summed E-state index contributed by atoms with van der Waals surface area (Å²) in [6, 6.07) is 1.66. The lowest BCUT2D eigenvalue weighted by Crippen LogP contribution is -2.39. The van der Waals surface area contributed by atoms with Crippen molar-refractivity contribution in [2.75, 3.05) is 0 Å². The molecule has 2 nitrogen and oxygen atoms in total. The Hall–Kier alpha value is -2.43. The van der Waals surface area contributed by atoms with Crippen LogP contribution in [0.5, 0.6) is 5.75 Å². The lowest BCUT2D eigenvalue weighted by molar-refractivity contribution is -0.301. The topological polar surface area (TPSA) is 18.5 Å². The maximum Gasteiger partial charge on any atom is 0.432 e. The fourth-order valence-corrected chi connectivity index (χ4v) is 5.92. The molecule has 4 rings (SSSR count). The zero-order valence-corrected chi connectivity index (χ0v) is 21.9. The van der Waals surface area contributed by atoms with Gasteiger partial charge in [-0.2, -0.15) is 17.6 Å². The highest BCUT2D eigenvalue weighted by atomic mass is 19.3. The fourth-order valence-electron chi connectivity index (χ4n) is 5.92. The molecule has 0 aromatic heterocycles. The Morgan fingerprint density at radius 2 is 1.27 bits per heavy atom. The predicted octanol–water partition coefficient (Wildman–Crippen LogP) is 9.75. The largest absolute Gasteiger partial charge is 0.432 e. The Balaban J connectivity index is 1.37. The van der Waals surface area contributed by atoms with Crippen LogP contribution in [0.15, 0.2) is 24.3 Å². The summed E-state index contributed by atoms with van der Waals surface area (Å²) >= 11 is 0. The van der Waals surface area contributed by atoms with Crippen molar-refractivity contribution in [3.05, 3.63) is 64.5 Å². The van der Waals surface area contributed by atoms with Gasteiger partial charge in [0.25, 0.3) is 0 Å². The van der Waals surface area contributed by atoms with E-state index in [0.29, 0.717) is 30.9 Å². The third kappa shape index (κ3) is 6.89. The van der Waals surface area contributed by atoms with Crippen LogP contribution < -0.4 is 4.74 Å². The van der Waals surface area contributed by atoms with E-state index in [9.17, 15) is 39.5 Å². The highest BCUT2D eigenvalue weighted by Crippen LogP contribution is 2.44. The fraction of sp³-hybridized carbons (Fsp3) is 0.586.